The highest BCUT2D eigenvalue weighted by Crippen LogP contribution is 2.06. The van der Waals surface area contributed by atoms with Gasteiger partial charge in [0.15, 0.2) is 0 Å². The van der Waals surface area contributed by atoms with E-state index in [1.807, 2.05) is 24.3 Å². The van der Waals surface area contributed by atoms with E-state index >= 15 is 0 Å². The summed E-state index contributed by atoms with van der Waals surface area (Å²) >= 11 is 0. The van der Waals surface area contributed by atoms with Crippen molar-refractivity contribution in [2.45, 2.75) is 45.6 Å². The molecular weight excluding hydrogens is 224 g/mol. The van der Waals surface area contributed by atoms with Gasteiger partial charge in [-0.05, 0) is 30.5 Å². The van der Waals surface area contributed by atoms with Gasteiger partial charge in [0.25, 0.3) is 5.91 Å². The van der Waals surface area contributed by atoms with Gasteiger partial charge >= 0.3 is 0 Å². The minimum absolute atomic E-state index is 0.0239. The molecule has 0 radical (unpaired) electrons. The molecule has 0 saturated carbocycles. The second kappa shape index (κ2) is 7.88. The van der Waals surface area contributed by atoms with Gasteiger partial charge in [0, 0.05) is 18.2 Å². The van der Waals surface area contributed by atoms with Crippen molar-refractivity contribution in [2.75, 3.05) is 6.54 Å². The van der Waals surface area contributed by atoms with Gasteiger partial charge in [-0.15, -0.1) is 0 Å². The van der Waals surface area contributed by atoms with Crippen LogP contribution in [-0.4, -0.2) is 18.5 Å². The van der Waals surface area contributed by atoms with Crippen LogP contribution >= 0.6 is 0 Å². The van der Waals surface area contributed by atoms with Crippen molar-refractivity contribution in [1.29, 1.82) is 0 Å². The number of unbranched alkanes of at least 4 members (excludes halogenated alkanes) is 1. The van der Waals surface area contributed by atoms with Crippen LogP contribution in [0.25, 0.3) is 0 Å². The van der Waals surface area contributed by atoms with Crippen molar-refractivity contribution < 1.29 is 4.79 Å². The number of rotatable bonds is 7. The molecule has 1 aromatic carbocycles. The average molecular weight is 248 g/mol. The highest BCUT2D eigenvalue weighted by atomic mass is 16.1. The standard InChI is InChI=1S/C15H24N2O/c1-3-5-6-14(11-16)17-15(18)13-9-7-12(4-2)8-10-13/h7-10,14H,3-6,11,16H2,1-2H3,(H,17,18). The molecule has 1 aromatic rings. The van der Waals surface area contributed by atoms with Gasteiger partial charge in [-0.2, -0.15) is 0 Å². The van der Waals surface area contributed by atoms with E-state index < -0.39 is 0 Å². The maximum absolute atomic E-state index is 12.0. The molecule has 3 nitrogen and oxygen atoms in total. The Morgan fingerprint density at radius 1 is 1.28 bits per heavy atom. The Balaban J connectivity index is 2.56. The molecule has 1 unspecified atom stereocenters. The van der Waals surface area contributed by atoms with Crippen LogP contribution in [0.2, 0.25) is 0 Å². The van der Waals surface area contributed by atoms with Gasteiger partial charge in [-0.1, -0.05) is 38.8 Å². The first-order chi connectivity index (χ1) is 8.71. The predicted molar refractivity (Wildman–Crippen MR) is 75.7 cm³/mol. The second-order valence-corrected chi connectivity index (χ2v) is 4.60. The van der Waals surface area contributed by atoms with Crippen LogP contribution in [0.15, 0.2) is 24.3 Å². The van der Waals surface area contributed by atoms with Crippen LogP contribution in [0.3, 0.4) is 0 Å². The molecule has 0 saturated heterocycles. The molecule has 100 valence electrons. The van der Waals surface area contributed by atoms with Crippen molar-refractivity contribution in [3.8, 4) is 0 Å². The van der Waals surface area contributed by atoms with Crippen molar-refractivity contribution in [3.05, 3.63) is 35.4 Å². The summed E-state index contributed by atoms with van der Waals surface area (Å²) in [5.74, 6) is -0.0239. The number of carbonyl (C=O) groups excluding carboxylic acids is 1. The van der Waals surface area contributed by atoms with Gasteiger partial charge in [-0.25, -0.2) is 0 Å². The quantitative estimate of drug-likeness (QED) is 0.779. The fourth-order valence-corrected chi connectivity index (χ4v) is 1.86. The van der Waals surface area contributed by atoms with Crippen molar-refractivity contribution in [2.24, 2.45) is 5.73 Å². The molecule has 0 aliphatic carbocycles. The van der Waals surface area contributed by atoms with Crippen LogP contribution < -0.4 is 11.1 Å². The Morgan fingerprint density at radius 2 is 1.94 bits per heavy atom. The lowest BCUT2D eigenvalue weighted by atomic mass is 10.1. The van der Waals surface area contributed by atoms with Gasteiger partial charge in [-0.3, -0.25) is 4.79 Å². The minimum Gasteiger partial charge on any atom is -0.348 e. The van der Waals surface area contributed by atoms with Crippen LogP contribution in [-0.2, 0) is 6.42 Å². The molecule has 0 heterocycles. The summed E-state index contributed by atoms with van der Waals surface area (Å²) < 4.78 is 0. The lowest BCUT2D eigenvalue weighted by Gasteiger charge is -2.16. The number of amides is 1. The zero-order chi connectivity index (χ0) is 13.4. The Hall–Kier alpha value is -1.35. The van der Waals surface area contributed by atoms with E-state index in [0.717, 1.165) is 25.7 Å². The maximum atomic E-state index is 12.0. The first kappa shape index (κ1) is 14.7. The van der Waals surface area contributed by atoms with E-state index in [-0.39, 0.29) is 11.9 Å². The van der Waals surface area contributed by atoms with Crippen molar-refractivity contribution in [1.82, 2.24) is 5.32 Å². The van der Waals surface area contributed by atoms with Crippen molar-refractivity contribution >= 4 is 5.91 Å². The van der Waals surface area contributed by atoms with Crippen LogP contribution in [0.4, 0.5) is 0 Å². The van der Waals surface area contributed by atoms with Crippen LogP contribution in [0, 0.1) is 0 Å². The molecule has 0 bridgehead atoms. The molecule has 1 rings (SSSR count). The van der Waals surface area contributed by atoms with Gasteiger partial charge in [0.05, 0.1) is 0 Å². The first-order valence-corrected chi connectivity index (χ1v) is 6.81. The summed E-state index contributed by atoms with van der Waals surface area (Å²) in [5.41, 5.74) is 7.62. The Labute approximate surface area is 110 Å². The summed E-state index contributed by atoms with van der Waals surface area (Å²) in [6.07, 6.45) is 4.16. The van der Waals surface area contributed by atoms with E-state index in [2.05, 4.69) is 19.2 Å². The van der Waals surface area contributed by atoms with Gasteiger partial charge in [0.1, 0.15) is 0 Å². The van der Waals surface area contributed by atoms with E-state index in [1.165, 1.54) is 5.56 Å². The second-order valence-electron chi connectivity index (χ2n) is 4.60. The van der Waals surface area contributed by atoms with E-state index in [9.17, 15) is 4.79 Å². The third kappa shape index (κ3) is 4.49. The fourth-order valence-electron chi connectivity index (χ4n) is 1.86. The third-order valence-corrected chi connectivity index (χ3v) is 3.15. The number of benzene rings is 1. The van der Waals surface area contributed by atoms with Gasteiger partial charge < -0.3 is 11.1 Å². The van der Waals surface area contributed by atoms with Gasteiger partial charge in [0.2, 0.25) is 0 Å². The SMILES string of the molecule is CCCCC(CN)NC(=O)c1ccc(CC)cc1. The Kier molecular flexibility index (Phi) is 6.44. The molecule has 0 spiro atoms. The molecular formula is C15H24N2O. The fraction of sp³-hybridized carbons (Fsp3) is 0.533. The largest absolute Gasteiger partial charge is 0.348 e. The molecule has 0 aliphatic heterocycles. The van der Waals surface area contributed by atoms with Crippen molar-refractivity contribution in [3.63, 3.8) is 0 Å². The van der Waals surface area contributed by atoms with E-state index in [0.29, 0.717) is 12.1 Å². The third-order valence-electron chi connectivity index (χ3n) is 3.15. The highest BCUT2D eigenvalue weighted by molar-refractivity contribution is 5.94. The Morgan fingerprint density at radius 3 is 2.44 bits per heavy atom. The summed E-state index contributed by atoms with van der Waals surface area (Å²) in [5, 5.41) is 2.99. The Bertz CT molecular complexity index is 359. The topological polar surface area (TPSA) is 55.1 Å². The number of hydrogen-bond donors (Lipinski definition) is 2. The first-order valence-electron chi connectivity index (χ1n) is 6.81. The minimum atomic E-state index is -0.0239. The monoisotopic (exact) mass is 248 g/mol. The summed E-state index contributed by atoms with van der Waals surface area (Å²) in [6, 6.07) is 7.84. The lowest BCUT2D eigenvalue weighted by Crippen LogP contribution is -2.40. The van der Waals surface area contributed by atoms with E-state index in [1.54, 1.807) is 0 Å². The van der Waals surface area contributed by atoms with Crippen LogP contribution in [0.1, 0.15) is 49.0 Å². The molecule has 0 aromatic heterocycles. The zero-order valence-electron chi connectivity index (χ0n) is 11.4. The lowest BCUT2D eigenvalue weighted by molar-refractivity contribution is 0.0936. The molecule has 3 N–H and O–H groups in total. The number of aryl methyl sites for hydroxylation is 1. The van der Waals surface area contributed by atoms with E-state index in [4.69, 9.17) is 5.73 Å². The average Bonchev–Trinajstić information content (AvgIpc) is 2.43. The maximum Gasteiger partial charge on any atom is 0.251 e. The predicted octanol–water partition coefficient (Wildman–Crippen LogP) is 2.50. The summed E-state index contributed by atoms with van der Waals surface area (Å²) in [7, 11) is 0. The molecule has 1 atom stereocenters. The number of hydrogen-bond acceptors (Lipinski definition) is 2. The molecule has 3 heteroatoms. The highest BCUT2D eigenvalue weighted by Gasteiger charge is 2.11. The molecule has 0 fully saturated rings. The number of nitrogens with one attached hydrogen (secondary N) is 1. The number of nitrogens with two attached hydrogens (primary N) is 1. The molecule has 18 heavy (non-hydrogen) atoms. The molecule has 1 amide bonds. The zero-order valence-corrected chi connectivity index (χ0v) is 11.4. The summed E-state index contributed by atoms with van der Waals surface area (Å²) in [6.45, 7) is 4.74. The summed E-state index contributed by atoms with van der Waals surface area (Å²) in [4.78, 5) is 12.0. The smallest absolute Gasteiger partial charge is 0.251 e. The van der Waals surface area contributed by atoms with Crippen LogP contribution in [0.5, 0.6) is 0 Å². The molecule has 0 aliphatic rings. The normalized spacial score (nSPS) is 12.2. The number of carbonyl (C=O) groups is 1.